The van der Waals surface area contributed by atoms with Gasteiger partial charge in [0.05, 0.1) is 7.11 Å². The molecular weight excluding hydrogens is 210 g/mol. The fourth-order valence-corrected chi connectivity index (χ4v) is 1.69. The Labute approximate surface area is 89.3 Å². The molecule has 0 aliphatic carbocycles. The van der Waals surface area contributed by atoms with Crippen molar-refractivity contribution < 1.29 is 13.6 Å². The number of hydrogen-bond donors (Lipinski definition) is 0. The number of fused-ring (bicyclic) bond motifs is 3. The number of pyridine rings is 1. The molecule has 0 radical (unpaired) electrons. The van der Waals surface area contributed by atoms with E-state index in [0.717, 1.165) is 10.8 Å². The van der Waals surface area contributed by atoms with E-state index in [0.29, 0.717) is 11.5 Å². The molecule has 0 fully saturated rings. The lowest BCUT2D eigenvalue weighted by Crippen LogP contribution is -1.89. The normalized spacial score (nSPS) is 11.1. The van der Waals surface area contributed by atoms with Crippen molar-refractivity contribution in [2.45, 2.75) is 0 Å². The minimum Gasteiger partial charge on any atom is -0.480 e. The summed E-state index contributed by atoms with van der Waals surface area (Å²) in [6.07, 6.45) is 0. The van der Waals surface area contributed by atoms with Crippen LogP contribution in [-0.2, 0) is 0 Å². The summed E-state index contributed by atoms with van der Waals surface area (Å²) in [5.74, 6) is -0.353. The van der Waals surface area contributed by atoms with Crippen molar-refractivity contribution in [1.29, 1.82) is 0 Å². The molecule has 0 aliphatic heterocycles. The van der Waals surface area contributed by atoms with E-state index in [1.807, 2.05) is 24.3 Å². The molecule has 0 atom stereocenters. The Balaban J connectivity index is 2.61. The van der Waals surface area contributed by atoms with Crippen LogP contribution in [0.4, 0.5) is 0 Å². The summed E-state index contributed by atoms with van der Waals surface area (Å²) in [5, 5.41) is 1.53. The molecule has 2 aromatic heterocycles. The summed E-state index contributed by atoms with van der Waals surface area (Å²) in [4.78, 5) is 15.1. The molecular formula is C11H7NO4. The van der Waals surface area contributed by atoms with Crippen LogP contribution in [0.1, 0.15) is 0 Å². The third kappa shape index (κ3) is 1.11. The van der Waals surface area contributed by atoms with Crippen LogP contribution in [0, 0.1) is 0 Å². The number of aromatic nitrogens is 1. The molecule has 2 heterocycles. The summed E-state index contributed by atoms with van der Waals surface area (Å²) in [7, 11) is 1.51. The topological polar surface area (TPSA) is 65.5 Å². The Hall–Kier alpha value is -2.30. The minimum atomic E-state index is -0.763. The lowest BCUT2D eigenvalue weighted by Gasteiger charge is -2.02. The van der Waals surface area contributed by atoms with Gasteiger partial charge in [0, 0.05) is 10.8 Å². The number of benzene rings is 1. The lowest BCUT2D eigenvalue weighted by atomic mass is 10.1. The number of rotatable bonds is 1. The van der Waals surface area contributed by atoms with Gasteiger partial charge >= 0.3 is 5.82 Å². The highest BCUT2D eigenvalue weighted by Crippen LogP contribution is 2.29. The molecule has 16 heavy (non-hydrogen) atoms. The molecule has 5 heteroatoms. The van der Waals surface area contributed by atoms with E-state index in [2.05, 4.69) is 4.98 Å². The molecule has 0 N–H and O–H groups in total. The first-order valence-electron chi connectivity index (χ1n) is 4.66. The molecule has 0 saturated heterocycles. The standard InChI is InChI=1S/C11H7NO4/c1-14-9-7-5-3-2-4-6(7)8-10(12-9)16-11(13)15-8/h2-5H,1H3. The van der Waals surface area contributed by atoms with Crippen molar-refractivity contribution in [2.75, 3.05) is 7.11 Å². The van der Waals surface area contributed by atoms with Crippen molar-refractivity contribution in [3.8, 4) is 5.88 Å². The van der Waals surface area contributed by atoms with Crippen LogP contribution in [0.25, 0.3) is 22.1 Å². The molecule has 0 saturated carbocycles. The van der Waals surface area contributed by atoms with Crippen LogP contribution in [-0.4, -0.2) is 12.1 Å². The average molecular weight is 217 g/mol. The molecule has 5 nitrogen and oxygen atoms in total. The van der Waals surface area contributed by atoms with Gasteiger partial charge < -0.3 is 13.6 Å². The van der Waals surface area contributed by atoms with Gasteiger partial charge in [-0.15, -0.1) is 0 Å². The summed E-state index contributed by atoms with van der Waals surface area (Å²) in [6, 6.07) is 7.36. The monoisotopic (exact) mass is 217 g/mol. The van der Waals surface area contributed by atoms with Gasteiger partial charge in [-0.1, -0.05) is 18.2 Å². The van der Waals surface area contributed by atoms with Gasteiger partial charge in [0.15, 0.2) is 0 Å². The lowest BCUT2D eigenvalue weighted by molar-refractivity contribution is 0.394. The highest BCUT2D eigenvalue weighted by Gasteiger charge is 2.13. The molecule has 80 valence electrons. The van der Waals surface area contributed by atoms with Gasteiger partial charge in [0.2, 0.25) is 11.5 Å². The molecule has 0 spiro atoms. The number of hydrogen-bond acceptors (Lipinski definition) is 5. The number of nitrogens with zero attached hydrogens (tertiary/aromatic N) is 1. The molecule has 0 bridgehead atoms. The fourth-order valence-electron chi connectivity index (χ4n) is 1.69. The van der Waals surface area contributed by atoms with Crippen LogP contribution < -0.4 is 10.6 Å². The van der Waals surface area contributed by atoms with E-state index < -0.39 is 5.82 Å². The van der Waals surface area contributed by atoms with Crippen LogP contribution in [0.2, 0.25) is 0 Å². The largest absolute Gasteiger partial charge is 0.521 e. The maximum atomic E-state index is 11.0. The quantitative estimate of drug-likeness (QED) is 0.623. The van der Waals surface area contributed by atoms with E-state index in [9.17, 15) is 4.79 Å². The van der Waals surface area contributed by atoms with Crippen LogP contribution in [0.5, 0.6) is 5.88 Å². The zero-order valence-electron chi connectivity index (χ0n) is 8.39. The summed E-state index contributed by atoms with van der Waals surface area (Å²) in [5.41, 5.74) is 0.502. The van der Waals surface area contributed by atoms with Gasteiger partial charge in [-0.3, -0.25) is 0 Å². The van der Waals surface area contributed by atoms with Crippen LogP contribution in [0.15, 0.2) is 37.9 Å². The minimum absolute atomic E-state index is 0.153. The third-order valence-corrected chi connectivity index (χ3v) is 2.36. The molecule has 3 rings (SSSR count). The summed E-state index contributed by atoms with van der Waals surface area (Å²) >= 11 is 0. The molecule has 1 aromatic carbocycles. The second-order valence-corrected chi connectivity index (χ2v) is 3.26. The van der Waals surface area contributed by atoms with Gasteiger partial charge in [0.1, 0.15) is 0 Å². The molecule has 3 aromatic rings. The fraction of sp³-hybridized carbons (Fsp3) is 0.0909. The van der Waals surface area contributed by atoms with Crippen molar-refractivity contribution in [3.05, 3.63) is 34.9 Å². The van der Waals surface area contributed by atoms with Crippen molar-refractivity contribution in [1.82, 2.24) is 4.98 Å². The molecule has 0 amide bonds. The molecule has 0 unspecified atom stereocenters. The SMILES string of the molecule is COc1nc2oc(=O)oc2c2ccccc12. The Kier molecular flexibility index (Phi) is 1.73. The van der Waals surface area contributed by atoms with E-state index in [-0.39, 0.29) is 5.71 Å². The van der Waals surface area contributed by atoms with Crippen molar-refractivity contribution in [3.63, 3.8) is 0 Å². The highest BCUT2D eigenvalue weighted by molar-refractivity contribution is 6.02. The Morgan fingerprint density at radius 2 is 1.94 bits per heavy atom. The van der Waals surface area contributed by atoms with Crippen LogP contribution >= 0.6 is 0 Å². The zero-order valence-corrected chi connectivity index (χ0v) is 8.39. The van der Waals surface area contributed by atoms with E-state index in [1.54, 1.807) is 0 Å². The van der Waals surface area contributed by atoms with Crippen molar-refractivity contribution >= 4 is 22.1 Å². The Morgan fingerprint density at radius 1 is 1.19 bits per heavy atom. The van der Waals surface area contributed by atoms with E-state index in [4.69, 9.17) is 13.6 Å². The zero-order chi connectivity index (χ0) is 11.1. The first kappa shape index (κ1) is 8.96. The second kappa shape index (κ2) is 3.10. The van der Waals surface area contributed by atoms with E-state index >= 15 is 0 Å². The Morgan fingerprint density at radius 3 is 2.69 bits per heavy atom. The predicted octanol–water partition coefficient (Wildman–Crippen LogP) is 1.94. The first-order valence-corrected chi connectivity index (χ1v) is 4.66. The highest BCUT2D eigenvalue weighted by atomic mass is 16.6. The van der Waals surface area contributed by atoms with Crippen LogP contribution in [0.3, 0.4) is 0 Å². The van der Waals surface area contributed by atoms with Gasteiger partial charge in [-0.25, -0.2) is 4.79 Å². The average Bonchev–Trinajstić information content (AvgIpc) is 2.68. The molecule has 0 aliphatic rings. The maximum absolute atomic E-state index is 11.0. The van der Waals surface area contributed by atoms with Gasteiger partial charge in [0.25, 0.3) is 5.71 Å². The summed E-state index contributed by atoms with van der Waals surface area (Å²) in [6.45, 7) is 0. The van der Waals surface area contributed by atoms with Gasteiger partial charge in [-0.05, 0) is 6.07 Å². The number of methoxy groups -OCH3 is 1. The summed E-state index contributed by atoms with van der Waals surface area (Å²) < 4.78 is 14.9. The van der Waals surface area contributed by atoms with Crippen molar-refractivity contribution in [2.24, 2.45) is 0 Å². The predicted molar refractivity (Wildman–Crippen MR) is 56.6 cm³/mol. The smallest absolute Gasteiger partial charge is 0.480 e. The number of ether oxygens (including phenoxy) is 1. The maximum Gasteiger partial charge on any atom is 0.521 e. The first-order chi connectivity index (χ1) is 7.79. The van der Waals surface area contributed by atoms with Gasteiger partial charge in [-0.2, -0.15) is 4.98 Å². The second-order valence-electron chi connectivity index (χ2n) is 3.26. The van der Waals surface area contributed by atoms with E-state index in [1.165, 1.54) is 7.11 Å². The Bertz CT molecular complexity index is 726. The third-order valence-electron chi connectivity index (χ3n) is 2.36.